The molecule has 0 spiro atoms. The van der Waals surface area contributed by atoms with Crippen molar-refractivity contribution in [3.8, 4) is 5.75 Å². The number of aromatic nitrogens is 2. The molecule has 0 saturated carbocycles. The number of aliphatic imine (C=N–C) groups is 1. The van der Waals surface area contributed by atoms with Crippen molar-refractivity contribution in [2.75, 3.05) is 23.1 Å². The van der Waals surface area contributed by atoms with Crippen LogP contribution in [-0.2, 0) is 4.79 Å². The number of amidine groups is 1. The molecular weight excluding hydrogens is 533 g/mol. The van der Waals surface area contributed by atoms with Crippen LogP contribution < -0.4 is 20.7 Å². The number of nitrogens with zero attached hydrogens (tertiary/aromatic N) is 4. The summed E-state index contributed by atoms with van der Waals surface area (Å²) in [6.45, 7) is 3.70. The van der Waals surface area contributed by atoms with Crippen molar-refractivity contribution in [1.29, 1.82) is 5.41 Å². The molecule has 3 aromatic carbocycles. The Morgan fingerprint density at radius 3 is 2.52 bits per heavy atom. The summed E-state index contributed by atoms with van der Waals surface area (Å²) in [6, 6.07) is 18.7. The molecule has 0 fully saturated rings. The van der Waals surface area contributed by atoms with Crippen molar-refractivity contribution in [3.63, 3.8) is 0 Å². The van der Waals surface area contributed by atoms with Gasteiger partial charge in [0.15, 0.2) is 5.82 Å². The van der Waals surface area contributed by atoms with Crippen LogP contribution in [0.5, 0.6) is 5.75 Å². The second-order valence-corrected chi connectivity index (χ2v) is 9.11. The molecule has 1 atom stereocenters. The van der Waals surface area contributed by atoms with Gasteiger partial charge in [0.25, 0.3) is 0 Å². The molecule has 1 amide bonds. The molecule has 0 bridgehead atoms. The smallest absolute Gasteiger partial charge is 0.219 e. The number of ether oxygens (including phenoxy) is 1. The Balaban J connectivity index is 1.79. The number of nitrogens with two attached hydrogens (primary N) is 1. The van der Waals surface area contributed by atoms with Crippen LogP contribution in [0.15, 0.2) is 78.0 Å². The fraction of sp³-hybridized carbons (Fsp3) is 0.138. The van der Waals surface area contributed by atoms with E-state index in [1.54, 1.807) is 19.1 Å². The number of methoxy groups -OCH3 is 1. The molecule has 0 aliphatic heterocycles. The summed E-state index contributed by atoms with van der Waals surface area (Å²) < 4.78 is 20.2. The molecule has 0 aliphatic carbocycles. The first-order chi connectivity index (χ1) is 19.3. The van der Waals surface area contributed by atoms with E-state index in [-0.39, 0.29) is 39.2 Å². The largest absolute Gasteiger partial charge is 0.495 e. The number of nitrogen functional groups attached to an aromatic ring is 1. The van der Waals surface area contributed by atoms with Gasteiger partial charge < -0.3 is 15.8 Å². The van der Waals surface area contributed by atoms with Gasteiger partial charge in [0.2, 0.25) is 6.41 Å². The van der Waals surface area contributed by atoms with E-state index >= 15 is 4.39 Å². The molecule has 40 heavy (non-hydrogen) atoms. The summed E-state index contributed by atoms with van der Waals surface area (Å²) in [5, 5.41) is 11.7. The highest BCUT2D eigenvalue weighted by molar-refractivity contribution is 6.33. The maximum atomic E-state index is 15.1. The molecule has 1 aromatic heterocycles. The molecule has 204 valence electrons. The Kier molecular flexibility index (Phi) is 8.70. The Labute approximate surface area is 236 Å². The van der Waals surface area contributed by atoms with E-state index in [0.717, 1.165) is 5.56 Å². The molecular formula is C29H27ClFN7O2. The Hall–Kier alpha value is -4.83. The predicted molar refractivity (Wildman–Crippen MR) is 157 cm³/mol. The zero-order valence-corrected chi connectivity index (χ0v) is 22.8. The van der Waals surface area contributed by atoms with Gasteiger partial charge in [-0.15, -0.1) is 0 Å². The number of nitrogens with one attached hydrogen (secondary N) is 2. The fourth-order valence-electron chi connectivity index (χ4n) is 4.05. The third-order valence-corrected chi connectivity index (χ3v) is 6.49. The summed E-state index contributed by atoms with van der Waals surface area (Å²) in [7, 11) is 1.37. The molecule has 11 heteroatoms. The summed E-state index contributed by atoms with van der Waals surface area (Å²) in [5.41, 5.74) is 8.00. The fourth-order valence-corrected chi connectivity index (χ4v) is 4.29. The third-order valence-electron chi connectivity index (χ3n) is 6.14. The van der Waals surface area contributed by atoms with E-state index in [0.29, 0.717) is 23.6 Å². The van der Waals surface area contributed by atoms with Gasteiger partial charge in [-0.25, -0.2) is 19.4 Å². The number of rotatable bonds is 9. The van der Waals surface area contributed by atoms with E-state index in [2.05, 4.69) is 15.3 Å². The summed E-state index contributed by atoms with van der Waals surface area (Å²) in [4.78, 5) is 26.9. The average Bonchev–Trinajstić information content (AvgIpc) is 2.95. The van der Waals surface area contributed by atoms with Gasteiger partial charge in [0.05, 0.1) is 30.1 Å². The minimum Gasteiger partial charge on any atom is -0.495 e. The van der Waals surface area contributed by atoms with Crippen molar-refractivity contribution in [3.05, 3.63) is 101 Å². The predicted octanol–water partition coefficient (Wildman–Crippen LogP) is 5.78. The molecule has 0 saturated heterocycles. The maximum absolute atomic E-state index is 15.1. The van der Waals surface area contributed by atoms with Crippen LogP contribution in [0.25, 0.3) is 0 Å². The number of aryl methyl sites for hydroxylation is 1. The first-order valence-electron chi connectivity index (χ1n) is 12.2. The first-order valence-corrected chi connectivity index (χ1v) is 12.6. The average molecular weight is 560 g/mol. The minimum absolute atomic E-state index is 0.0475. The lowest BCUT2D eigenvalue weighted by Gasteiger charge is -2.26. The standard InChI is InChI=1S/C29H27ClFN7O2/c1-17-9-7-8-12-21(17)37-29(38(16-39)19-10-5-4-6-11-19)18(2)36-28-23(27(33)34-15-35-28)26(32)20-13-14-22(40-3)24(30)25(20)31/h4-16,18,32H,1-3H3,(H3,33,34,35,36)/b32-26?,37-29-. The van der Waals surface area contributed by atoms with Gasteiger partial charge in [0.1, 0.15) is 34.6 Å². The summed E-state index contributed by atoms with van der Waals surface area (Å²) >= 11 is 6.11. The minimum atomic E-state index is -0.841. The van der Waals surface area contributed by atoms with E-state index in [4.69, 9.17) is 32.5 Å². The van der Waals surface area contributed by atoms with E-state index in [1.807, 2.05) is 49.4 Å². The van der Waals surface area contributed by atoms with Crippen LogP contribution in [-0.4, -0.2) is 41.1 Å². The number of amides is 1. The molecule has 0 aliphatic rings. The molecule has 0 radical (unpaired) electrons. The number of para-hydroxylation sites is 2. The number of halogens is 2. The van der Waals surface area contributed by atoms with Crippen molar-refractivity contribution in [2.24, 2.45) is 4.99 Å². The zero-order chi connectivity index (χ0) is 28.8. The lowest BCUT2D eigenvalue weighted by atomic mass is 10.0. The van der Waals surface area contributed by atoms with Gasteiger partial charge in [-0.3, -0.25) is 15.1 Å². The van der Waals surface area contributed by atoms with Crippen LogP contribution in [0.1, 0.15) is 23.6 Å². The van der Waals surface area contributed by atoms with Crippen molar-refractivity contribution in [1.82, 2.24) is 9.97 Å². The second-order valence-electron chi connectivity index (χ2n) is 8.73. The van der Waals surface area contributed by atoms with Crippen molar-refractivity contribution >= 4 is 52.6 Å². The first kappa shape index (κ1) is 28.2. The van der Waals surface area contributed by atoms with Crippen LogP contribution in [0.3, 0.4) is 0 Å². The second kappa shape index (κ2) is 12.4. The highest BCUT2D eigenvalue weighted by Crippen LogP contribution is 2.32. The number of hydrogen-bond donors (Lipinski definition) is 3. The Morgan fingerprint density at radius 2 is 1.85 bits per heavy atom. The third kappa shape index (κ3) is 5.76. The zero-order valence-electron chi connectivity index (χ0n) is 22.0. The van der Waals surface area contributed by atoms with Gasteiger partial charge in [-0.05, 0) is 49.7 Å². The Morgan fingerprint density at radius 1 is 1.15 bits per heavy atom. The number of benzene rings is 3. The van der Waals surface area contributed by atoms with Gasteiger partial charge >= 0.3 is 0 Å². The number of carbonyl (C=O) groups excluding carboxylic acids is 1. The van der Waals surface area contributed by atoms with E-state index in [1.165, 1.54) is 30.5 Å². The lowest BCUT2D eigenvalue weighted by molar-refractivity contribution is -0.106. The van der Waals surface area contributed by atoms with Crippen LogP contribution in [0, 0.1) is 18.2 Å². The van der Waals surface area contributed by atoms with Crippen molar-refractivity contribution < 1.29 is 13.9 Å². The van der Waals surface area contributed by atoms with Crippen LogP contribution in [0.2, 0.25) is 5.02 Å². The van der Waals surface area contributed by atoms with Crippen molar-refractivity contribution in [2.45, 2.75) is 19.9 Å². The number of carbonyl (C=O) groups is 1. The van der Waals surface area contributed by atoms with Gasteiger partial charge in [-0.1, -0.05) is 48.0 Å². The van der Waals surface area contributed by atoms with Crippen LogP contribution >= 0.6 is 11.6 Å². The highest BCUT2D eigenvalue weighted by Gasteiger charge is 2.26. The number of hydrogen-bond acceptors (Lipinski definition) is 8. The molecule has 4 rings (SSSR count). The summed E-state index contributed by atoms with van der Waals surface area (Å²) in [5.74, 6) is -0.261. The van der Waals surface area contributed by atoms with E-state index < -0.39 is 11.9 Å². The van der Waals surface area contributed by atoms with E-state index in [9.17, 15) is 4.79 Å². The summed E-state index contributed by atoms with van der Waals surface area (Å²) in [6.07, 6.45) is 1.90. The molecule has 4 N–H and O–H groups in total. The Bertz CT molecular complexity index is 1580. The normalized spacial score (nSPS) is 12.0. The topological polar surface area (TPSA) is 130 Å². The molecule has 1 heterocycles. The molecule has 4 aromatic rings. The van der Waals surface area contributed by atoms with Gasteiger partial charge in [0, 0.05) is 11.3 Å². The lowest BCUT2D eigenvalue weighted by Crippen LogP contribution is -2.41. The molecule has 9 nitrogen and oxygen atoms in total. The SMILES string of the molecule is COc1ccc(C(=N)c2c(N)ncnc2NC(C)/C(=N/c2ccccc2C)N(C=O)c2ccccc2)c(F)c1Cl. The quantitative estimate of drug-likeness (QED) is 0.135. The highest BCUT2D eigenvalue weighted by atomic mass is 35.5. The molecule has 1 unspecified atom stereocenters. The monoisotopic (exact) mass is 559 g/mol. The maximum Gasteiger partial charge on any atom is 0.219 e. The number of anilines is 3. The van der Waals surface area contributed by atoms with Gasteiger partial charge in [-0.2, -0.15) is 0 Å². The van der Waals surface area contributed by atoms with Crippen LogP contribution in [0.4, 0.5) is 27.4 Å².